The number of carbonyl (C=O) groups excluding carboxylic acids is 4. The summed E-state index contributed by atoms with van der Waals surface area (Å²) in [6, 6.07) is 12.2. The van der Waals surface area contributed by atoms with E-state index in [1.165, 1.54) is 21.3 Å². The van der Waals surface area contributed by atoms with Crippen LogP contribution in [0.2, 0.25) is 0 Å². The second-order valence-electron chi connectivity index (χ2n) is 16.8. The molecule has 0 bridgehead atoms. The summed E-state index contributed by atoms with van der Waals surface area (Å²) in [5.74, 6) is 1.60. The molecule has 2 saturated heterocycles. The number of nitrogens with one attached hydrogen (secondary N) is 4. The molecule has 0 saturated carbocycles. The predicted octanol–water partition coefficient (Wildman–Crippen LogP) is 6.91. The van der Waals surface area contributed by atoms with Crippen LogP contribution in [-0.2, 0) is 30.4 Å². The summed E-state index contributed by atoms with van der Waals surface area (Å²) < 4.78 is 21.5. The van der Waals surface area contributed by atoms with E-state index in [1.807, 2.05) is 44.9 Å². The Morgan fingerprint density at radius 3 is 2.10 bits per heavy atom. The van der Waals surface area contributed by atoms with Gasteiger partial charge in [0.25, 0.3) is 0 Å². The van der Waals surface area contributed by atoms with E-state index in [9.17, 15) is 19.2 Å². The van der Waals surface area contributed by atoms with Crippen molar-refractivity contribution in [1.82, 2.24) is 40.4 Å². The number of methoxy groups -OCH3 is 3. The van der Waals surface area contributed by atoms with Gasteiger partial charge in [0.2, 0.25) is 11.8 Å². The molecule has 4 amide bonds. The number of H-pyrrole nitrogens is 2. The summed E-state index contributed by atoms with van der Waals surface area (Å²) in [7, 11) is 4.06. The third-order valence-electron chi connectivity index (χ3n) is 12.7. The number of hydrogen-bond acceptors (Lipinski definition) is 10. The Morgan fingerprint density at radius 1 is 0.787 bits per heavy atom. The molecule has 0 aliphatic carbocycles. The molecule has 0 spiro atoms. The number of hydrogen-bond donors (Lipinski definition) is 4. The Labute approximate surface area is 354 Å². The summed E-state index contributed by atoms with van der Waals surface area (Å²) in [5, 5.41) is 7.35. The molecule has 5 heterocycles. The highest BCUT2D eigenvalue weighted by Gasteiger charge is 2.43. The summed E-state index contributed by atoms with van der Waals surface area (Å²) in [6.07, 6.45) is 2.94. The molecule has 8 rings (SSSR count). The van der Waals surface area contributed by atoms with Gasteiger partial charge in [-0.3, -0.25) is 9.59 Å². The maximum absolute atomic E-state index is 14.0. The molecule has 5 aromatic rings. The molecule has 322 valence electrons. The van der Waals surface area contributed by atoms with Gasteiger partial charge in [-0.15, -0.1) is 0 Å². The van der Waals surface area contributed by atoms with Crippen LogP contribution < -0.4 is 15.4 Å². The molecule has 4 N–H and O–H groups in total. The van der Waals surface area contributed by atoms with Gasteiger partial charge in [0.15, 0.2) is 0 Å². The zero-order valence-corrected chi connectivity index (χ0v) is 35.8. The summed E-state index contributed by atoms with van der Waals surface area (Å²) in [5.41, 5.74) is 6.51. The number of alkyl carbamates (subject to hydrolysis) is 2. The third-order valence-corrected chi connectivity index (χ3v) is 12.7. The molecule has 3 aromatic carbocycles. The van der Waals surface area contributed by atoms with Crippen LogP contribution in [0, 0.1) is 5.92 Å². The van der Waals surface area contributed by atoms with Gasteiger partial charge < -0.3 is 49.3 Å². The number of aromatic amines is 2. The fraction of sp³-hybridized carbons (Fsp3) is 0.467. The molecule has 0 radical (unpaired) electrons. The van der Waals surface area contributed by atoms with E-state index in [0.717, 1.165) is 74.8 Å². The van der Waals surface area contributed by atoms with Crippen LogP contribution in [-0.4, -0.2) is 105 Å². The van der Waals surface area contributed by atoms with E-state index in [4.69, 9.17) is 28.9 Å². The highest BCUT2D eigenvalue weighted by Crippen LogP contribution is 2.44. The van der Waals surface area contributed by atoms with Crippen LogP contribution in [0.15, 0.2) is 48.7 Å². The van der Waals surface area contributed by atoms with Crippen LogP contribution in [0.25, 0.3) is 44.2 Å². The van der Waals surface area contributed by atoms with E-state index >= 15 is 0 Å². The lowest BCUT2D eigenvalue weighted by Crippen LogP contribution is -2.55. The Hall–Kier alpha value is -6.16. The lowest BCUT2D eigenvalue weighted by Gasteiger charge is -2.33. The number of aromatic nitrogens is 4. The van der Waals surface area contributed by atoms with Crippen LogP contribution in [0.5, 0.6) is 5.75 Å². The molecular formula is C45H54N8O8. The van der Waals surface area contributed by atoms with Gasteiger partial charge in [0.05, 0.1) is 55.3 Å². The van der Waals surface area contributed by atoms with Gasteiger partial charge in [-0.2, -0.15) is 0 Å². The molecule has 16 heteroatoms. The molecule has 7 atom stereocenters. The second kappa shape index (κ2) is 16.7. The average Bonchev–Trinajstić information content (AvgIpc) is 4.08. The van der Waals surface area contributed by atoms with E-state index in [2.05, 4.69) is 57.0 Å². The first-order valence-electron chi connectivity index (χ1n) is 21.0. The number of imidazole rings is 2. The minimum Gasteiger partial charge on any atom is -0.488 e. The number of rotatable bonds is 10. The monoisotopic (exact) mass is 834 g/mol. The molecule has 61 heavy (non-hydrogen) atoms. The largest absolute Gasteiger partial charge is 0.488 e. The van der Waals surface area contributed by atoms with Gasteiger partial charge in [0.1, 0.15) is 36.1 Å². The molecule has 3 aliphatic heterocycles. The highest BCUT2D eigenvalue weighted by atomic mass is 16.5. The van der Waals surface area contributed by atoms with Gasteiger partial charge in [0, 0.05) is 30.1 Å². The van der Waals surface area contributed by atoms with E-state index < -0.39 is 30.4 Å². The molecule has 2 aromatic heterocycles. The van der Waals surface area contributed by atoms with Crippen molar-refractivity contribution in [3.8, 4) is 28.1 Å². The number of amides is 4. The molecular weight excluding hydrogens is 781 g/mol. The van der Waals surface area contributed by atoms with Crippen LogP contribution in [0.1, 0.15) is 89.6 Å². The van der Waals surface area contributed by atoms with Gasteiger partial charge >= 0.3 is 12.2 Å². The predicted molar refractivity (Wildman–Crippen MR) is 227 cm³/mol. The number of nitrogens with zero attached hydrogens (tertiary/aromatic N) is 4. The van der Waals surface area contributed by atoms with Crippen LogP contribution in [0.3, 0.4) is 0 Å². The van der Waals surface area contributed by atoms with Gasteiger partial charge in [-0.1, -0.05) is 32.0 Å². The van der Waals surface area contributed by atoms with Crippen molar-refractivity contribution in [3.63, 3.8) is 0 Å². The zero-order valence-electron chi connectivity index (χ0n) is 35.8. The third kappa shape index (κ3) is 7.62. The highest BCUT2D eigenvalue weighted by molar-refractivity contribution is 6.07. The first-order chi connectivity index (χ1) is 29.3. The first kappa shape index (κ1) is 41.6. The van der Waals surface area contributed by atoms with Gasteiger partial charge in [-0.05, 0) is 98.7 Å². The van der Waals surface area contributed by atoms with Crippen molar-refractivity contribution in [2.24, 2.45) is 5.92 Å². The van der Waals surface area contributed by atoms with Crippen LogP contribution in [0.4, 0.5) is 9.59 Å². The fourth-order valence-corrected chi connectivity index (χ4v) is 9.26. The van der Waals surface area contributed by atoms with E-state index in [0.29, 0.717) is 24.7 Å². The maximum atomic E-state index is 14.0. The minimum atomic E-state index is -0.934. The molecule has 16 nitrogen and oxygen atoms in total. The molecule has 3 aliphatic rings. The Kier molecular flexibility index (Phi) is 11.4. The number of fused-ring (bicyclic) bond motifs is 6. The normalized spacial score (nSPS) is 21.1. The fourth-order valence-electron chi connectivity index (χ4n) is 9.26. The van der Waals surface area contributed by atoms with Crippen molar-refractivity contribution in [2.75, 3.05) is 21.3 Å². The Morgan fingerprint density at radius 2 is 1.44 bits per heavy atom. The average molecular weight is 835 g/mol. The second-order valence-corrected chi connectivity index (χ2v) is 16.8. The molecule has 2 unspecified atom stereocenters. The van der Waals surface area contributed by atoms with E-state index in [-0.39, 0.29) is 41.9 Å². The van der Waals surface area contributed by atoms with Crippen molar-refractivity contribution < 1.29 is 38.1 Å². The topological polar surface area (TPSA) is 193 Å². The summed E-state index contributed by atoms with van der Waals surface area (Å²) >= 11 is 0. The number of ether oxygens (including phenoxy) is 4. The lowest BCUT2D eigenvalue weighted by atomic mass is 9.92. The van der Waals surface area contributed by atoms with Crippen molar-refractivity contribution in [2.45, 2.75) is 109 Å². The smallest absolute Gasteiger partial charge is 0.407 e. The number of carbonyl (C=O) groups is 4. The van der Waals surface area contributed by atoms with Crippen LogP contribution >= 0.6 is 0 Å². The SMILES string of the molecule is COC(=O)N[C@H](C(=O)N1C(c2ncc(-c3ccc4c(c3)COc3cc5c(ccc6nc(C7CC[C@H](C)N7C(=O)[C@@H](NC(=O)OC)[C@H](C)OC)[nH]c65)cc3-4)[nH]2)CC[C@@H]1C)C(C)C. The lowest BCUT2D eigenvalue weighted by molar-refractivity contribution is -0.139. The minimum absolute atomic E-state index is 0.0195. The standard InChI is InChI=1S/C45H54N8O8/c1-22(2)37(50-44(56)59-7)42(54)52-23(3)9-15-34(52)40-46-20-33(48-40)27-11-13-29-28(17-27)21-61-36-19-30-26(18-31(29)36)12-14-32-39(30)49-41(47-32)35-16-10-24(4)53(35)43(55)38(25(5)58-6)51-45(57)60-8/h11-14,17-20,22-25,34-35,37-38H,9-10,15-16,21H2,1-8H3,(H,46,48)(H,47,49)(H,50,56)(H,51,57)/t23-,24-,25-,34?,35?,37-,38-/m0/s1. The van der Waals surface area contributed by atoms with Crippen molar-refractivity contribution in [1.29, 1.82) is 0 Å². The quantitative estimate of drug-likeness (QED) is 0.115. The Bertz CT molecular complexity index is 2500. The summed E-state index contributed by atoms with van der Waals surface area (Å²) in [6.45, 7) is 9.95. The first-order valence-corrected chi connectivity index (χ1v) is 21.0. The number of likely N-dealkylation sites (tertiary alicyclic amines) is 2. The number of benzene rings is 3. The van der Waals surface area contributed by atoms with Gasteiger partial charge in [-0.25, -0.2) is 19.6 Å². The summed E-state index contributed by atoms with van der Waals surface area (Å²) in [4.78, 5) is 72.7. The maximum Gasteiger partial charge on any atom is 0.407 e. The van der Waals surface area contributed by atoms with E-state index in [1.54, 1.807) is 11.8 Å². The Balaban J connectivity index is 1.05. The van der Waals surface area contributed by atoms with Crippen molar-refractivity contribution in [3.05, 3.63) is 65.9 Å². The molecule has 2 fully saturated rings. The zero-order chi connectivity index (χ0) is 43.3. The van der Waals surface area contributed by atoms with Crippen molar-refractivity contribution >= 4 is 45.8 Å².